The third-order valence-corrected chi connectivity index (χ3v) is 5.45. The van der Waals surface area contributed by atoms with Gasteiger partial charge in [0.05, 0.1) is 18.8 Å². The van der Waals surface area contributed by atoms with Crippen LogP contribution in [0.25, 0.3) is 0 Å². The van der Waals surface area contributed by atoms with E-state index in [1.165, 1.54) is 0 Å². The Hall–Kier alpha value is -0.970. The summed E-state index contributed by atoms with van der Waals surface area (Å²) >= 11 is 0. The Kier molecular flexibility index (Phi) is 11.7. The van der Waals surface area contributed by atoms with Crippen molar-refractivity contribution in [3.05, 3.63) is 24.3 Å². The SMILES string of the molecule is C=C(CCC)C(O)CC=C[C@H]1CCC(=O)[C@@H]1CCCCCCC(O)CO. The lowest BCUT2D eigenvalue weighted by atomic mass is 9.89. The second kappa shape index (κ2) is 13.2. The van der Waals surface area contributed by atoms with Crippen LogP contribution in [0.1, 0.15) is 77.6 Å². The molecule has 0 radical (unpaired) electrons. The lowest BCUT2D eigenvalue weighted by molar-refractivity contribution is -0.121. The maximum atomic E-state index is 12.2. The minimum Gasteiger partial charge on any atom is -0.394 e. The van der Waals surface area contributed by atoms with E-state index in [0.29, 0.717) is 31.0 Å². The minimum atomic E-state index is -0.593. The fraction of sp³-hybridized carbons (Fsp3) is 0.773. The van der Waals surface area contributed by atoms with Crippen molar-refractivity contribution in [3.63, 3.8) is 0 Å². The number of aliphatic hydroxyl groups excluding tert-OH is 3. The van der Waals surface area contributed by atoms with Gasteiger partial charge in [-0.3, -0.25) is 4.79 Å². The summed E-state index contributed by atoms with van der Waals surface area (Å²) in [5, 5.41) is 28.2. The summed E-state index contributed by atoms with van der Waals surface area (Å²) in [5.74, 6) is 0.821. The van der Waals surface area contributed by atoms with E-state index in [9.17, 15) is 15.0 Å². The van der Waals surface area contributed by atoms with Crippen LogP contribution >= 0.6 is 0 Å². The molecule has 1 aliphatic rings. The van der Waals surface area contributed by atoms with E-state index in [2.05, 4.69) is 19.6 Å². The van der Waals surface area contributed by atoms with Crippen LogP contribution in [0.2, 0.25) is 0 Å². The summed E-state index contributed by atoms with van der Waals surface area (Å²) in [4.78, 5) is 12.2. The fourth-order valence-electron chi connectivity index (χ4n) is 3.77. The molecule has 4 nitrogen and oxygen atoms in total. The van der Waals surface area contributed by atoms with Crippen LogP contribution in [0, 0.1) is 11.8 Å². The third-order valence-electron chi connectivity index (χ3n) is 5.45. The number of Topliss-reactive ketones (excluding diaryl/α,β-unsaturated/α-hetero) is 1. The molecule has 1 rings (SSSR count). The fourth-order valence-corrected chi connectivity index (χ4v) is 3.77. The number of rotatable bonds is 14. The maximum Gasteiger partial charge on any atom is 0.136 e. The van der Waals surface area contributed by atoms with E-state index in [1.54, 1.807) is 0 Å². The normalized spacial score (nSPS) is 22.8. The lowest BCUT2D eigenvalue weighted by Crippen LogP contribution is -2.14. The van der Waals surface area contributed by atoms with Gasteiger partial charge in [0.1, 0.15) is 5.78 Å². The van der Waals surface area contributed by atoms with Crippen molar-refractivity contribution in [3.8, 4) is 0 Å². The number of ketones is 1. The van der Waals surface area contributed by atoms with Crippen LogP contribution in [-0.4, -0.2) is 39.9 Å². The number of aliphatic hydroxyl groups is 3. The maximum absolute atomic E-state index is 12.2. The molecule has 1 fully saturated rings. The average molecular weight is 367 g/mol. The highest BCUT2D eigenvalue weighted by molar-refractivity contribution is 5.83. The highest BCUT2D eigenvalue weighted by Crippen LogP contribution is 2.34. The second-order valence-electron chi connectivity index (χ2n) is 7.69. The molecule has 1 saturated carbocycles. The monoisotopic (exact) mass is 366 g/mol. The zero-order valence-corrected chi connectivity index (χ0v) is 16.4. The van der Waals surface area contributed by atoms with E-state index in [0.717, 1.165) is 56.9 Å². The predicted octanol–water partition coefficient (Wildman–Crippen LogP) is 3.94. The average Bonchev–Trinajstić information content (AvgIpc) is 2.97. The van der Waals surface area contributed by atoms with E-state index in [1.807, 2.05) is 6.08 Å². The van der Waals surface area contributed by atoms with E-state index in [4.69, 9.17) is 5.11 Å². The van der Waals surface area contributed by atoms with Gasteiger partial charge in [-0.25, -0.2) is 0 Å². The molecule has 4 atom stereocenters. The number of carbonyl (C=O) groups is 1. The summed E-state index contributed by atoms with van der Waals surface area (Å²) in [6.07, 6.45) is 12.8. The quantitative estimate of drug-likeness (QED) is 0.321. The first-order valence-corrected chi connectivity index (χ1v) is 10.3. The van der Waals surface area contributed by atoms with E-state index >= 15 is 0 Å². The van der Waals surface area contributed by atoms with Gasteiger partial charge in [-0.05, 0) is 43.6 Å². The largest absolute Gasteiger partial charge is 0.394 e. The van der Waals surface area contributed by atoms with Crippen LogP contribution in [0.15, 0.2) is 24.3 Å². The van der Waals surface area contributed by atoms with Gasteiger partial charge in [0.15, 0.2) is 0 Å². The molecule has 0 saturated heterocycles. The summed E-state index contributed by atoms with van der Waals surface area (Å²) in [6, 6.07) is 0. The van der Waals surface area contributed by atoms with Gasteiger partial charge in [0.2, 0.25) is 0 Å². The predicted molar refractivity (Wildman–Crippen MR) is 106 cm³/mol. The third kappa shape index (κ3) is 8.61. The van der Waals surface area contributed by atoms with Gasteiger partial charge in [-0.15, -0.1) is 0 Å². The van der Waals surface area contributed by atoms with Gasteiger partial charge < -0.3 is 15.3 Å². The highest BCUT2D eigenvalue weighted by atomic mass is 16.3. The molecule has 0 aromatic heterocycles. The molecule has 0 amide bonds. The molecule has 0 aliphatic heterocycles. The molecule has 0 aromatic carbocycles. The summed E-state index contributed by atoms with van der Waals surface area (Å²) < 4.78 is 0. The molecular weight excluding hydrogens is 328 g/mol. The van der Waals surface area contributed by atoms with Crippen LogP contribution in [0.3, 0.4) is 0 Å². The Labute approximate surface area is 159 Å². The van der Waals surface area contributed by atoms with Gasteiger partial charge in [-0.2, -0.15) is 0 Å². The molecule has 4 heteroatoms. The van der Waals surface area contributed by atoms with E-state index < -0.39 is 12.2 Å². The Bertz CT molecular complexity index is 443. The smallest absolute Gasteiger partial charge is 0.136 e. The Morgan fingerprint density at radius 2 is 2.00 bits per heavy atom. The van der Waals surface area contributed by atoms with Crippen molar-refractivity contribution in [2.24, 2.45) is 11.8 Å². The molecule has 0 aromatic rings. The van der Waals surface area contributed by atoms with Crippen molar-refractivity contribution in [1.29, 1.82) is 0 Å². The number of allylic oxidation sites excluding steroid dienone is 1. The highest BCUT2D eigenvalue weighted by Gasteiger charge is 2.32. The van der Waals surface area contributed by atoms with Gasteiger partial charge in [0, 0.05) is 12.3 Å². The number of hydrogen-bond acceptors (Lipinski definition) is 4. The summed E-state index contributed by atoms with van der Waals surface area (Å²) in [6.45, 7) is 5.85. The molecular formula is C22H38O4. The molecule has 3 N–H and O–H groups in total. The van der Waals surface area contributed by atoms with Crippen molar-refractivity contribution < 1.29 is 20.1 Å². The standard InChI is InChI=1S/C22H38O4/c1-3-9-17(2)21(25)13-8-10-18-14-15-22(26)20(18)12-7-5-4-6-11-19(24)16-23/h8,10,18-21,23-25H,2-7,9,11-16H2,1H3/t18-,19?,20+,21?/m0/s1. The Morgan fingerprint density at radius 1 is 1.27 bits per heavy atom. The first kappa shape index (κ1) is 23.1. The minimum absolute atomic E-state index is 0.130. The van der Waals surface area contributed by atoms with Crippen LogP contribution in [-0.2, 0) is 4.79 Å². The number of unbranched alkanes of at least 4 members (excludes halogenated alkanes) is 3. The van der Waals surface area contributed by atoms with Crippen molar-refractivity contribution in [2.45, 2.75) is 89.8 Å². The van der Waals surface area contributed by atoms with Crippen LogP contribution in [0.4, 0.5) is 0 Å². The second-order valence-corrected chi connectivity index (χ2v) is 7.69. The molecule has 150 valence electrons. The van der Waals surface area contributed by atoms with E-state index in [-0.39, 0.29) is 12.5 Å². The number of hydrogen-bond donors (Lipinski definition) is 3. The topological polar surface area (TPSA) is 77.8 Å². The van der Waals surface area contributed by atoms with Crippen molar-refractivity contribution >= 4 is 5.78 Å². The lowest BCUT2D eigenvalue weighted by Gasteiger charge is -2.16. The Balaban J connectivity index is 2.29. The Morgan fingerprint density at radius 3 is 2.69 bits per heavy atom. The molecule has 0 spiro atoms. The first-order chi connectivity index (χ1) is 12.5. The molecule has 0 bridgehead atoms. The zero-order chi connectivity index (χ0) is 19.4. The van der Waals surface area contributed by atoms with Crippen LogP contribution < -0.4 is 0 Å². The van der Waals surface area contributed by atoms with Crippen molar-refractivity contribution in [2.75, 3.05) is 6.61 Å². The zero-order valence-electron chi connectivity index (χ0n) is 16.4. The first-order valence-electron chi connectivity index (χ1n) is 10.3. The summed E-state index contributed by atoms with van der Waals surface area (Å²) in [5.41, 5.74) is 0.891. The molecule has 2 unspecified atom stereocenters. The van der Waals surface area contributed by atoms with Crippen molar-refractivity contribution in [1.82, 2.24) is 0 Å². The van der Waals surface area contributed by atoms with Crippen LogP contribution in [0.5, 0.6) is 0 Å². The summed E-state index contributed by atoms with van der Waals surface area (Å²) in [7, 11) is 0. The number of carbonyl (C=O) groups excluding carboxylic acids is 1. The van der Waals surface area contributed by atoms with Gasteiger partial charge >= 0.3 is 0 Å². The molecule has 1 aliphatic carbocycles. The van der Waals surface area contributed by atoms with Gasteiger partial charge in [-0.1, -0.05) is 57.8 Å². The van der Waals surface area contributed by atoms with Gasteiger partial charge in [0.25, 0.3) is 0 Å². The molecule has 26 heavy (non-hydrogen) atoms. The molecule has 0 heterocycles.